The Bertz CT molecular complexity index is 1120. The van der Waals surface area contributed by atoms with Gasteiger partial charge in [0.1, 0.15) is 10.9 Å². The number of carbonyl (C=O) groups is 2. The first-order chi connectivity index (χ1) is 16.5. The third-order valence-corrected chi connectivity index (χ3v) is 6.28. The van der Waals surface area contributed by atoms with Crippen molar-refractivity contribution < 1.29 is 24.5 Å². The Labute approximate surface area is 203 Å². The number of benzene rings is 2. The number of aromatic nitrogens is 2. The second-order valence-corrected chi connectivity index (χ2v) is 8.80. The summed E-state index contributed by atoms with van der Waals surface area (Å²) < 4.78 is 7.24. The molecule has 0 aliphatic rings. The number of aliphatic hydroxyl groups excluding tert-OH is 1. The van der Waals surface area contributed by atoms with Gasteiger partial charge in [-0.3, -0.25) is 0 Å². The molecule has 34 heavy (non-hydrogen) atoms. The number of ether oxygens (including phenoxy) is 1. The molecule has 0 aliphatic heterocycles. The summed E-state index contributed by atoms with van der Waals surface area (Å²) in [7, 11) is 0. The molecule has 1 heterocycles. The Morgan fingerprint density at radius 1 is 1.09 bits per heavy atom. The fraction of sp³-hybridized carbons (Fsp3) is 0.346. The number of carboxylic acid groups (broad SMARTS) is 1. The first-order valence-electron chi connectivity index (χ1n) is 11.4. The Kier molecular flexibility index (Phi) is 9.30. The maximum absolute atomic E-state index is 12.9. The summed E-state index contributed by atoms with van der Waals surface area (Å²) in [5, 5.41) is 19.3. The largest absolute Gasteiger partial charge is 0.478 e. The SMILES string of the molecule is CCCCc1nc(SCCO)c(C(=O)OCC)n1Cc1ccc(-c2ccccc2C(=O)O)cc1. The molecule has 7 nitrogen and oxygen atoms in total. The average molecular weight is 483 g/mol. The summed E-state index contributed by atoms with van der Waals surface area (Å²) in [4.78, 5) is 29.2. The summed E-state index contributed by atoms with van der Waals surface area (Å²) in [5.41, 5.74) is 3.08. The number of hydrogen-bond acceptors (Lipinski definition) is 6. The van der Waals surface area contributed by atoms with E-state index in [1.54, 1.807) is 25.1 Å². The quantitative estimate of drug-likeness (QED) is 0.280. The second-order valence-electron chi connectivity index (χ2n) is 7.71. The lowest BCUT2D eigenvalue weighted by Crippen LogP contribution is -2.16. The van der Waals surface area contributed by atoms with E-state index in [0.717, 1.165) is 36.2 Å². The van der Waals surface area contributed by atoms with Gasteiger partial charge in [-0.1, -0.05) is 55.8 Å². The van der Waals surface area contributed by atoms with E-state index in [9.17, 15) is 19.8 Å². The molecule has 180 valence electrons. The van der Waals surface area contributed by atoms with Gasteiger partial charge < -0.3 is 19.5 Å². The fourth-order valence-electron chi connectivity index (χ4n) is 3.70. The number of thioether (sulfide) groups is 1. The van der Waals surface area contributed by atoms with Crippen molar-refractivity contribution in [1.29, 1.82) is 0 Å². The molecular formula is C26H30N2O5S. The normalized spacial score (nSPS) is 10.9. The molecule has 8 heteroatoms. The maximum Gasteiger partial charge on any atom is 0.357 e. The van der Waals surface area contributed by atoms with Gasteiger partial charge in [-0.05, 0) is 36.1 Å². The molecule has 0 bridgehead atoms. The summed E-state index contributed by atoms with van der Waals surface area (Å²) in [6.45, 7) is 4.56. The smallest absolute Gasteiger partial charge is 0.357 e. The molecular weight excluding hydrogens is 452 g/mol. The van der Waals surface area contributed by atoms with Crippen LogP contribution in [0.3, 0.4) is 0 Å². The van der Waals surface area contributed by atoms with Gasteiger partial charge in [0, 0.05) is 18.7 Å². The zero-order valence-corrected chi connectivity index (χ0v) is 20.3. The van der Waals surface area contributed by atoms with Crippen LogP contribution in [0.25, 0.3) is 11.1 Å². The number of carbonyl (C=O) groups excluding carboxylic acids is 1. The minimum atomic E-state index is -0.967. The van der Waals surface area contributed by atoms with Crippen LogP contribution in [0.15, 0.2) is 53.6 Å². The van der Waals surface area contributed by atoms with Crippen molar-refractivity contribution in [3.05, 3.63) is 71.2 Å². The van der Waals surface area contributed by atoms with Gasteiger partial charge >= 0.3 is 11.9 Å². The molecule has 2 N–H and O–H groups in total. The number of aromatic carboxylic acids is 1. The van der Waals surface area contributed by atoms with Crippen LogP contribution in [0.4, 0.5) is 0 Å². The number of unbranched alkanes of at least 4 members (excludes halogenated alkanes) is 1. The van der Waals surface area contributed by atoms with Crippen LogP contribution in [0.5, 0.6) is 0 Å². The van der Waals surface area contributed by atoms with E-state index in [0.29, 0.717) is 28.6 Å². The molecule has 1 aromatic heterocycles. The van der Waals surface area contributed by atoms with Crippen molar-refractivity contribution >= 4 is 23.7 Å². The van der Waals surface area contributed by atoms with Gasteiger partial charge in [0.2, 0.25) is 0 Å². The number of esters is 1. The second kappa shape index (κ2) is 12.4. The van der Waals surface area contributed by atoms with E-state index in [1.165, 1.54) is 11.8 Å². The molecule has 3 aromatic rings. The van der Waals surface area contributed by atoms with Crippen LogP contribution in [-0.2, 0) is 17.7 Å². The number of aliphatic hydroxyl groups is 1. The molecule has 0 amide bonds. The van der Waals surface area contributed by atoms with Crippen molar-refractivity contribution in [2.75, 3.05) is 19.0 Å². The van der Waals surface area contributed by atoms with Crippen LogP contribution in [0.2, 0.25) is 0 Å². The molecule has 0 atom stereocenters. The number of hydrogen-bond donors (Lipinski definition) is 2. The highest BCUT2D eigenvalue weighted by molar-refractivity contribution is 7.99. The van der Waals surface area contributed by atoms with Gasteiger partial charge in [0.25, 0.3) is 0 Å². The predicted molar refractivity (Wildman–Crippen MR) is 133 cm³/mol. The van der Waals surface area contributed by atoms with Crippen molar-refractivity contribution in [1.82, 2.24) is 9.55 Å². The third-order valence-electron chi connectivity index (χ3n) is 5.33. The van der Waals surface area contributed by atoms with E-state index < -0.39 is 11.9 Å². The van der Waals surface area contributed by atoms with E-state index in [-0.39, 0.29) is 18.8 Å². The van der Waals surface area contributed by atoms with Crippen molar-refractivity contribution in [3.63, 3.8) is 0 Å². The zero-order chi connectivity index (χ0) is 24.5. The average Bonchev–Trinajstić information content (AvgIpc) is 3.18. The van der Waals surface area contributed by atoms with E-state index in [4.69, 9.17) is 9.72 Å². The standard InChI is InChI=1S/C26H30N2O5S/c1-3-5-10-22-27-24(34-16-15-29)23(26(32)33-4-2)28(22)17-18-11-13-19(14-12-18)20-8-6-7-9-21(20)25(30)31/h6-9,11-14,29H,3-5,10,15-17H2,1-2H3,(H,30,31). The highest BCUT2D eigenvalue weighted by Crippen LogP contribution is 2.28. The number of imidazole rings is 1. The van der Waals surface area contributed by atoms with Gasteiger partial charge in [0.15, 0.2) is 5.69 Å². The van der Waals surface area contributed by atoms with Gasteiger partial charge in [-0.15, -0.1) is 11.8 Å². The van der Waals surface area contributed by atoms with Crippen LogP contribution < -0.4 is 0 Å². The summed E-state index contributed by atoms with van der Waals surface area (Å²) in [6, 6.07) is 14.6. The lowest BCUT2D eigenvalue weighted by atomic mass is 9.99. The molecule has 2 aromatic carbocycles. The topological polar surface area (TPSA) is 102 Å². The van der Waals surface area contributed by atoms with Crippen molar-refractivity contribution in [3.8, 4) is 11.1 Å². The summed E-state index contributed by atoms with van der Waals surface area (Å²) >= 11 is 1.35. The summed E-state index contributed by atoms with van der Waals surface area (Å²) in [5.74, 6) is -0.143. The Morgan fingerprint density at radius 2 is 1.82 bits per heavy atom. The molecule has 0 spiro atoms. The van der Waals surface area contributed by atoms with Crippen molar-refractivity contribution in [2.45, 2.75) is 44.7 Å². The zero-order valence-electron chi connectivity index (χ0n) is 19.5. The Balaban J connectivity index is 1.98. The molecule has 0 fully saturated rings. The number of aryl methyl sites for hydroxylation is 1. The molecule has 0 saturated carbocycles. The maximum atomic E-state index is 12.9. The first-order valence-corrected chi connectivity index (χ1v) is 12.4. The highest BCUT2D eigenvalue weighted by atomic mass is 32.2. The van der Waals surface area contributed by atoms with Crippen molar-refractivity contribution in [2.24, 2.45) is 0 Å². The molecule has 0 aliphatic carbocycles. The molecule has 0 unspecified atom stereocenters. The van der Waals surface area contributed by atoms with E-state index >= 15 is 0 Å². The molecule has 0 radical (unpaired) electrons. The van der Waals surface area contributed by atoms with E-state index in [2.05, 4.69) is 6.92 Å². The number of carboxylic acids is 1. The van der Waals surface area contributed by atoms with Crippen LogP contribution >= 0.6 is 11.8 Å². The molecule has 0 saturated heterocycles. The first kappa shape index (κ1) is 25.5. The lowest BCUT2D eigenvalue weighted by Gasteiger charge is -2.13. The predicted octanol–water partition coefficient (Wildman–Crippen LogP) is 4.90. The van der Waals surface area contributed by atoms with Gasteiger partial charge in [-0.25, -0.2) is 14.6 Å². The minimum absolute atomic E-state index is 0.0106. The Hall–Kier alpha value is -3.10. The van der Waals surface area contributed by atoms with Crippen LogP contribution in [-0.4, -0.2) is 50.7 Å². The fourth-order valence-corrected chi connectivity index (χ4v) is 4.49. The van der Waals surface area contributed by atoms with Gasteiger partial charge in [-0.2, -0.15) is 0 Å². The minimum Gasteiger partial charge on any atom is -0.478 e. The third kappa shape index (κ3) is 6.07. The molecule has 3 rings (SSSR count). The van der Waals surface area contributed by atoms with Crippen LogP contribution in [0, 0.1) is 0 Å². The van der Waals surface area contributed by atoms with E-state index in [1.807, 2.05) is 34.9 Å². The number of rotatable bonds is 12. The highest BCUT2D eigenvalue weighted by Gasteiger charge is 2.24. The lowest BCUT2D eigenvalue weighted by molar-refractivity contribution is 0.0508. The summed E-state index contributed by atoms with van der Waals surface area (Å²) in [6.07, 6.45) is 2.67. The Morgan fingerprint density at radius 3 is 2.47 bits per heavy atom. The van der Waals surface area contributed by atoms with Gasteiger partial charge in [0.05, 0.1) is 18.8 Å². The number of nitrogens with zero attached hydrogens (tertiary/aromatic N) is 2. The monoisotopic (exact) mass is 482 g/mol. The van der Waals surface area contributed by atoms with Crippen LogP contribution in [0.1, 0.15) is 58.9 Å².